The van der Waals surface area contributed by atoms with Crippen molar-refractivity contribution in [3.63, 3.8) is 0 Å². The minimum absolute atomic E-state index is 0.00935. The van der Waals surface area contributed by atoms with Crippen LogP contribution in [0.25, 0.3) is 0 Å². The summed E-state index contributed by atoms with van der Waals surface area (Å²) in [5, 5.41) is 3.00. The Labute approximate surface area is 144 Å². The fourth-order valence-electron chi connectivity index (χ4n) is 3.22. The number of hydrogen-bond acceptors (Lipinski definition) is 4. The van der Waals surface area contributed by atoms with Gasteiger partial charge in [-0.2, -0.15) is 0 Å². The van der Waals surface area contributed by atoms with Gasteiger partial charge in [0.25, 0.3) is 5.91 Å². The van der Waals surface area contributed by atoms with Crippen LogP contribution in [-0.4, -0.2) is 49.4 Å². The molecule has 0 heterocycles. The van der Waals surface area contributed by atoms with Crippen molar-refractivity contribution in [2.24, 2.45) is 0 Å². The van der Waals surface area contributed by atoms with Gasteiger partial charge in [0.05, 0.1) is 0 Å². The quantitative estimate of drug-likeness (QED) is 0.744. The topological polar surface area (TPSA) is 58.6 Å². The molecule has 1 aromatic carbocycles. The normalized spacial score (nSPS) is 16.2. The van der Waals surface area contributed by atoms with E-state index in [1.165, 1.54) is 12.8 Å². The summed E-state index contributed by atoms with van der Waals surface area (Å²) >= 11 is 0. The van der Waals surface area contributed by atoms with E-state index >= 15 is 0 Å². The molecule has 0 atom stereocenters. The lowest BCUT2D eigenvalue weighted by Crippen LogP contribution is -2.51. The third-order valence-corrected chi connectivity index (χ3v) is 4.96. The summed E-state index contributed by atoms with van der Waals surface area (Å²) < 4.78 is 5.51. The zero-order valence-corrected chi connectivity index (χ0v) is 14.9. The molecule has 0 unspecified atom stereocenters. The van der Waals surface area contributed by atoms with Gasteiger partial charge >= 0.3 is 0 Å². The van der Waals surface area contributed by atoms with Crippen LogP contribution >= 0.6 is 0 Å². The second kappa shape index (κ2) is 8.29. The number of ketones is 1. The highest BCUT2D eigenvalue weighted by Gasteiger charge is 2.36. The van der Waals surface area contributed by atoms with E-state index in [2.05, 4.69) is 24.3 Å². The molecule has 0 radical (unpaired) electrons. The van der Waals surface area contributed by atoms with Gasteiger partial charge in [-0.1, -0.05) is 19.8 Å². The van der Waals surface area contributed by atoms with E-state index in [0.29, 0.717) is 24.3 Å². The van der Waals surface area contributed by atoms with Crippen molar-refractivity contribution in [3.05, 3.63) is 29.8 Å². The van der Waals surface area contributed by atoms with Crippen molar-refractivity contribution in [1.29, 1.82) is 0 Å². The van der Waals surface area contributed by atoms with Gasteiger partial charge in [-0.15, -0.1) is 0 Å². The van der Waals surface area contributed by atoms with Crippen LogP contribution in [0.3, 0.4) is 0 Å². The van der Waals surface area contributed by atoms with E-state index < -0.39 is 0 Å². The van der Waals surface area contributed by atoms with E-state index in [9.17, 15) is 9.59 Å². The number of carbonyl (C=O) groups excluding carboxylic acids is 2. The van der Waals surface area contributed by atoms with Crippen LogP contribution in [0.5, 0.6) is 5.75 Å². The smallest absolute Gasteiger partial charge is 0.258 e. The zero-order chi connectivity index (χ0) is 17.6. The molecule has 1 aromatic rings. The molecule has 5 heteroatoms. The molecule has 1 N–H and O–H groups in total. The van der Waals surface area contributed by atoms with Crippen LogP contribution in [0.4, 0.5) is 0 Å². The summed E-state index contributed by atoms with van der Waals surface area (Å²) in [5.41, 5.74) is 0.751. The summed E-state index contributed by atoms with van der Waals surface area (Å²) in [5.74, 6) is 0.586. The van der Waals surface area contributed by atoms with Crippen LogP contribution in [0, 0.1) is 0 Å². The molecule has 24 heavy (non-hydrogen) atoms. The van der Waals surface area contributed by atoms with Crippen LogP contribution in [0.1, 0.15) is 49.4 Å². The number of nitrogens with one attached hydrogen (secondary N) is 1. The molecule has 5 nitrogen and oxygen atoms in total. The Kier molecular flexibility index (Phi) is 6.37. The molecule has 1 fully saturated rings. The van der Waals surface area contributed by atoms with Crippen molar-refractivity contribution in [3.8, 4) is 5.75 Å². The van der Waals surface area contributed by atoms with E-state index in [4.69, 9.17) is 4.74 Å². The maximum Gasteiger partial charge on any atom is 0.258 e. The molecule has 0 saturated heterocycles. The van der Waals surface area contributed by atoms with Gasteiger partial charge < -0.3 is 15.0 Å². The van der Waals surface area contributed by atoms with Gasteiger partial charge in [0.15, 0.2) is 12.4 Å². The van der Waals surface area contributed by atoms with E-state index in [1.807, 2.05) is 6.92 Å². The van der Waals surface area contributed by atoms with Crippen LogP contribution in [0.2, 0.25) is 0 Å². The number of likely N-dealkylation sites (N-methyl/N-ethyl adjacent to an activating group) is 1. The summed E-state index contributed by atoms with van der Waals surface area (Å²) in [4.78, 5) is 25.9. The van der Waals surface area contributed by atoms with Gasteiger partial charge in [-0.05, 0) is 51.2 Å². The molecule has 1 aliphatic rings. The highest BCUT2D eigenvalue weighted by molar-refractivity contribution is 5.95. The maximum absolute atomic E-state index is 12.1. The Balaban J connectivity index is 1.79. The minimum Gasteiger partial charge on any atom is -0.484 e. The number of ether oxygens (including phenoxy) is 1. The van der Waals surface area contributed by atoms with E-state index in [1.54, 1.807) is 24.3 Å². The molecule has 1 saturated carbocycles. The zero-order valence-electron chi connectivity index (χ0n) is 14.9. The summed E-state index contributed by atoms with van der Waals surface area (Å²) in [6, 6.07) is 6.93. The van der Waals surface area contributed by atoms with Crippen molar-refractivity contribution < 1.29 is 14.3 Å². The first-order chi connectivity index (χ1) is 11.5. The van der Waals surface area contributed by atoms with Crippen molar-refractivity contribution in [2.45, 2.75) is 44.6 Å². The lowest BCUT2D eigenvalue weighted by atomic mass is 9.96. The Morgan fingerprint density at radius 1 is 1.17 bits per heavy atom. The second-order valence-corrected chi connectivity index (χ2v) is 6.69. The first-order valence-electron chi connectivity index (χ1n) is 8.67. The number of rotatable bonds is 8. The van der Waals surface area contributed by atoms with Crippen molar-refractivity contribution in [2.75, 3.05) is 27.2 Å². The maximum atomic E-state index is 12.1. The van der Waals surface area contributed by atoms with Gasteiger partial charge in [0.1, 0.15) is 5.75 Å². The Bertz CT molecular complexity index is 560. The molecule has 1 amide bonds. The van der Waals surface area contributed by atoms with Crippen molar-refractivity contribution >= 4 is 11.7 Å². The predicted octanol–water partition coefficient (Wildman–Crippen LogP) is 2.65. The van der Waals surface area contributed by atoms with Gasteiger partial charge in [0, 0.05) is 24.1 Å². The third-order valence-electron chi connectivity index (χ3n) is 4.96. The number of amides is 1. The molecule has 0 spiro atoms. The predicted molar refractivity (Wildman–Crippen MR) is 94.5 cm³/mol. The van der Waals surface area contributed by atoms with Gasteiger partial charge in [-0.3, -0.25) is 9.59 Å². The Morgan fingerprint density at radius 2 is 1.79 bits per heavy atom. The third kappa shape index (κ3) is 4.57. The highest BCUT2D eigenvalue weighted by Crippen LogP contribution is 2.33. The number of hydrogen-bond donors (Lipinski definition) is 1. The monoisotopic (exact) mass is 332 g/mol. The molecule has 0 aromatic heterocycles. The van der Waals surface area contributed by atoms with Gasteiger partial charge in [-0.25, -0.2) is 0 Å². The lowest BCUT2D eigenvalue weighted by molar-refractivity contribution is -0.123. The van der Waals surface area contributed by atoms with Crippen LogP contribution in [0.15, 0.2) is 24.3 Å². The first-order valence-corrected chi connectivity index (χ1v) is 8.67. The molecule has 132 valence electrons. The summed E-state index contributed by atoms with van der Waals surface area (Å²) in [6.07, 6.45) is 5.15. The van der Waals surface area contributed by atoms with Gasteiger partial charge in [0.2, 0.25) is 0 Å². The molecule has 0 aliphatic heterocycles. The first kappa shape index (κ1) is 18.5. The molecule has 0 bridgehead atoms. The minimum atomic E-state index is -0.114. The standard InChI is InChI=1S/C19H28N2O3/c1-4-17(22)15-7-9-16(10-8-15)24-13-18(23)20-14-19(21(2)3)11-5-6-12-19/h7-10H,4-6,11-14H2,1-3H3,(H,20,23). The Morgan fingerprint density at radius 3 is 2.33 bits per heavy atom. The largest absolute Gasteiger partial charge is 0.484 e. The van der Waals surface area contributed by atoms with E-state index in [0.717, 1.165) is 12.8 Å². The average Bonchev–Trinajstić information content (AvgIpc) is 3.08. The fraction of sp³-hybridized carbons (Fsp3) is 0.579. The summed E-state index contributed by atoms with van der Waals surface area (Å²) in [6.45, 7) is 2.48. The average molecular weight is 332 g/mol. The second-order valence-electron chi connectivity index (χ2n) is 6.69. The number of benzene rings is 1. The molecular formula is C19H28N2O3. The fourth-order valence-corrected chi connectivity index (χ4v) is 3.22. The van der Waals surface area contributed by atoms with Crippen LogP contribution in [-0.2, 0) is 4.79 Å². The van der Waals surface area contributed by atoms with Crippen LogP contribution < -0.4 is 10.1 Å². The highest BCUT2D eigenvalue weighted by atomic mass is 16.5. The Hall–Kier alpha value is -1.88. The van der Waals surface area contributed by atoms with Crippen molar-refractivity contribution in [1.82, 2.24) is 10.2 Å². The molecule has 1 aliphatic carbocycles. The molecular weight excluding hydrogens is 304 g/mol. The number of carbonyl (C=O) groups is 2. The number of nitrogens with zero attached hydrogens (tertiary/aromatic N) is 1. The summed E-state index contributed by atoms with van der Waals surface area (Å²) in [7, 11) is 4.15. The number of Topliss-reactive ketones (excluding diaryl/α,β-unsaturated/α-hetero) is 1. The lowest BCUT2D eigenvalue weighted by Gasteiger charge is -2.36. The van der Waals surface area contributed by atoms with E-state index in [-0.39, 0.29) is 23.8 Å². The SMILES string of the molecule is CCC(=O)c1ccc(OCC(=O)NCC2(N(C)C)CCCC2)cc1. The molecule has 2 rings (SSSR count).